The molecular weight excluding hydrogens is 162 g/mol. The average molecular weight is 177 g/mol. The molecule has 4 N–H and O–H groups in total. The molecule has 5 unspecified atom stereocenters. The molecule has 5 heteroatoms. The number of aliphatic hydroxyl groups excluding tert-OH is 2. The Kier molecular flexibility index (Phi) is 3.03. The van der Waals surface area contributed by atoms with E-state index in [4.69, 9.17) is 15.2 Å². The van der Waals surface area contributed by atoms with Gasteiger partial charge in [0, 0.05) is 7.11 Å². The Morgan fingerprint density at radius 3 is 2.50 bits per heavy atom. The van der Waals surface area contributed by atoms with E-state index in [0.717, 1.165) is 0 Å². The monoisotopic (exact) mass is 177 g/mol. The van der Waals surface area contributed by atoms with Crippen LogP contribution in [0.3, 0.4) is 0 Å². The normalized spacial score (nSPS) is 49.2. The molecule has 72 valence electrons. The first-order valence-electron chi connectivity index (χ1n) is 3.88. The number of ether oxygens (including phenoxy) is 2. The van der Waals surface area contributed by atoms with Gasteiger partial charge in [0.05, 0.1) is 12.1 Å². The third-order valence-corrected chi connectivity index (χ3v) is 2.15. The molecule has 0 aromatic heterocycles. The first-order chi connectivity index (χ1) is 5.57. The van der Waals surface area contributed by atoms with Crippen LogP contribution < -0.4 is 5.73 Å². The van der Waals surface area contributed by atoms with Crippen LogP contribution in [0.15, 0.2) is 0 Å². The Balaban J connectivity index is 2.67. The topological polar surface area (TPSA) is 84.9 Å². The highest BCUT2D eigenvalue weighted by Crippen LogP contribution is 2.19. The molecule has 5 nitrogen and oxygen atoms in total. The molecular formula is C7H15NO4. The van der Waals surface area contributed by atoms with Gasteiger partial charge < -0.3 is 25.4 Å². The van der Waals surface area contributed by atoms with E-state index in [1.165, 1.54) is 7.11 Å². The van der Waals surface area contributed by atoms with Crippen LogP contribution in [-0.2, 0) is 9.47 Å². The first-order valence-corrected chi connectivity index (χ1v) is 3.88. The zero-order chi connectivity index (χ0) is 9.30. The summed E-state index contributed by atoms with van der Waals surface area (Å²) in [4.78, 5) is 0. The van der Waals surface area contributed by atoms with Gasteiger partial charge in [-0.15, -0.1) is 0 Å². The second-order valence-electron chi connectivity index (χ2n) is 3.00. The maximum Gasteiger partial charge on any atom is 0.172 e. The number of nitrogens with two attached hydrogens (primary N) is 1. The van der Waals surface area contributed by atoms with Crippen molar-refractivity contribution in [1.82, 2.24) is 0 Å². The molecule has 1 saturated heterocycles. The van der Waals surface area contributed by atoms with Crippen LogP contribution in [0.25, 0.3) is 0 Å². The largest absolute Gasteiger partial charge is 0.388 e. The zero-order valence-electron chi connectivity index (χ0n) is 7.18. The smallest absolute Gasteiger partial charge is 0.172 e. The molecule has 0 bridgehead atoms. The molecule has 1 rings (SSSR count). The number of hydrogen-bond donors (Lipinski definition) is 3. The van der Waals surface area contributed by atoms with Crippen LogP contribution in [0.5, 0.6) is 0 Å². The maximum absolute atomic E-state index is 9.48. The summed E-state index contributed by atoms with van der Waals surface area (Å²) in [5.74, 6) is 0. The Morgan fingerprint density at radius 2 is 2.00 bits per heavy atom. The van der Waals surface area contributed by atoms with E-state index in [9.17, 15) is 10.2 Å². The van der Waals surface area contributed by atoms with Gasteiger partial charge in [-0.2, -0.15) is 0 Å². The van der Waals surface area contributed by atoms with Gasteiger partial charge in [0.25, 0.3) is 0 Å². The maximum atomic E-state index is 9.48. The minimum atomic E-state index is -1.06. The second-order valence-corrected chi connectivity index (χ2v) is 3.00. The summed E-state index contributed by atoms with van der Waals surface area (Å²) < 4.78 is 9.88. The SMILES string of the molecule is COC1C(N)C(O)OC(C)C1O. The standard InChI is InChI=1S/C7H15NO4/c1-3-5(9)6(11-2)4(8)7(10)12-3/h3-7,9-10H,8H2,1-2H3. The van der Waals surface area contributed by atoms with Crippen molar-refractivity contribution < 1.29 is 19.7 Å². The molecule has 0 aromatic rings. The summed E-state index contributed by atoms with van der Waals surface area (Å²) in [5.41, 5.74) is 5.53. The fourth-order valence-electron chi connectivity index (χ4n) is 1.34. The summed E-state index contributed by atoms with van der Waals surface area (Å²) in [7, 11) is 1.44. The summed E-state index contributed by atoms with van der Waals surface area (Å²) in [6, 6.07) is -0.693. The molecule has 1 aliphatic rings. The molecule has 0 amide bonds. The van der Waals surface area contributed by atoms with E-state index in [2.05, 4.69) is 0 Å². The molecule has 1 fully saturated rings. The lowest BCUT2D eigenvalue weighted by atomic mass is 9.98. The first kappa shape index (κ1) is 9.88. The van der Waals surface area contributed by atoms with Gasteiger partial charge in [0.15, 0.2) is 6.29 Å². The van der Waals surface area contributed by atoms with Crippen molar-refractivity contribution in [3.8, 4) is 0 Å². The van der Waals surface area contributed by atoms with Gasteiger partial charge in [0.1, 0.15) is 12.2 Å². The van der Waals surface area contributed by atoms with Gasteiger partial charge in [-0.1, -0.05) is 0 Å². The predicted octanol–water partition coefficient (Wildman–Crippen LogP) is -1.57. The lowest BCUT2D eigenvalue weighted by Crippen LogP contribution is -2.60. The van der Waals surface area contributed by atoms with Crippen LogP contribution in [0.4, 0.5) is 0 Å². The molecule has 0 saturated carbocycles. The van der Waals surface area contributed by atoms with E-state index in [-0.39, 0.29) is 0 Å². The third kappa shape index (κ3) is 1.60. The highest BCUT2D eigenvalue weighted by atomic mass is 16.6. The molecule has 1 heterocycles. The van der Waals surface area contributed by atoms with Crippen LogP contribution >= 0.6 is 0 Å². The minimum Gasteiger partial charge on any atom is -0.388 e. The van der Waals surface area contributed by atoms with Crippen LogP contribution in [0.1, 0.15) is 6.92 Å². The average Bonchev–Trinajstić information content (AvgIpc) is 2.02. The second kappa shape index (κ2) is 3.68. The highest BCUT2D eigenvalue weighted by molar-refractivity contribution is 4.90. The van der Waals surface area contributed by atoms with E-state index < -0.39 is 30.6 Å². The molecule has 12 heavy (non-hydrogen) atoms. The molecule has 1 aliphatic heterocycles. The fourth-order valence-corrected chi connectivity index (χ4v) is 1.34. The number of aliphatic hydroxyl groups is 2. The van der Waals surface area contributed by atoms with E-state index in [1.54, 1.807) is 6.92 Å². The summed E-state index contributed by atoms with van der Waals surface area (Å²) in [5, 5.41) is 18.7. The third-order valence-electron chi connectivity index (χ3n) is 2.15. The lowest BCUT2D eigenvalue weighted by molar-refractivity contribution is -0.241. The minimum absolute atomic E-state index is 0.454. The van der Waals surface area contributed by atoms with Crippen molar-refractivity contribution in [3.63, 3.8) is 0 Å². The Hall–Kier alpha value is -0.200. The highest BCUT2D eigenvalue weighted by Gasteiger charge is 2.40. The van der Waals surface area contributed by atoms with Crippen LogP contribution in [0, 0.1) is 0 Å². The molecule has 0 aliphatic carbocycles. The summed E-state index contributed by atoms with van der Waals surface area (Å²) in [6.07, 6.45) is -2.87. The summed E-state index contributed by atoms with van der Waals surface area (Å²) in [6.45, 7) is 1.66. The van der Waals surface area contributed by atoms with Gasteiger partial charge >= 0.3 is 0 Å². The molecule has 5 atom stereocenters. The summed E-state index contributed by atoms with van der Waals surface area (Å²) >= 11 is 0. The Morgan fingerprint density at radius 1 is 1.42 bits per heavy atom. The van der Waals surface area contributed by atoms with Gasteiger partial charge in [-0.25, -0.2) is 0 Å². The van der Waals surface area contributed by atoms with Crippen molar-refractivity contribution in [3.05, 3.63) is 0 Å². The van der Waals surface area contributed by atoms with Crippen molar-refractivity contribution in [2.24, 2.45) is 5.73 Å². The lowest BCUT2D eigenvalue weighted by Gasteiger charge is -2.39. The number of methoxy groups -OCH3 is 1. The van der Waals surface area contributed by atoms with Crippen LogP contribution in [-0.4, -0.2) is 48.0 Å². The number of hydrogen-bond acceptors (Lipinski definition) is 5. The van der Waals surface area contributed by atoms with E-state index in [1.807, 2.05) is 0 Å². The van der Waals surface area contributed by atoms with Gasteiger partial charge in [-0.05, 0) is 6.92 Å². The molecule has 0 spiro atoms. The van der Waals surface area contributed by atoms with Gasteiger partial charge in [0.2, 0.25) is 0 Å². The van der Waals surface area contributed by atoms with Crippen molar-refractivity contribution in [1.29, 1.82) is 0 Å². The Bertz CT molecular complexity index is 140. The van der Waals surface area contributed by atoms with Gasteiger partial charge in [-0.3, -0.25) is 0 Å². The van der Waals surface area contributed by atoms with Crippen molar-refractivity contribution in [2.75, 3.05) is 7.11 Å². The van der Waals surface area contributed by atoms with Crippen LogP contribution in [0.2, 0.25) is 0 Å². The zero-order valence-corrected chi connectivity index (χ0v) is 7.18. The van der Waals surface area contributed by atoms with Crippen molar-refractivity contribution >= 4 is 0 Å². The van der Waals surface area contributed by atoms with E-state index >= 15 is 0 Å². The van der Waals surface area contributed by atoms with Crippen molar-refractivity contribution in [2.45, 2.75) is 37.6 Å². The van der Waals surface area contributed by atoms with E-state index in [0.29, 0.717) is 0 Å². The molecule has 0 aromatic carbocycles. The Labute approximate surface area is 71.1 Å². The number of rotatable bonds is 1. The molecule has 0 radical (unpaired) electrons. The quantitative estimate of drug-likeness (QED) is 0.450. The predicted molar refractivity (Wildman–Crippen MR) is 41.3 cm³/mol. The fraction of sp³-hybridized carbons (Fsp3) is 1.00.